The number of aromatic nitrogens is 2. The van der Waals surface area contributed by atoms with E-state index in [-0.39, 0.29) is 0 Å². The van der Waals surface area contributed by atoms with Gasteiger partial charge in [0.15, 0.2) is 5.82 Å². The van der Waals surface area contributed by atoms with Crippen LogP contribution in [0.1, 0.15) is 12.8 Å². The van der Waals surface area contributed by atoms with Gasteiger partial charge in [0.25, 0.3) is 0 Å². The Morgan fingerprint density at radius 3 is 2.67 bits per heavy atom. The summed E-state index contributed by atoms with van der Waals surface area (Å²) in [5, 5.41) is 3.42. The summed E-state index contributed by atoms with van der Waals surface area (Å²) in [5.74, 6) is 5.28. The Kier molecular flexibility index (Phi) is 4.60. The van der Waals surface area contributed by atoms with Crippen LogP contribution < -0.4 is 11.1 Å². The molecule has 0 saturated carbocycles. The van der Waals surface area contributed by atoms with E-state index in [0.717, 1.165) is 23.8 Å². The van der Waals surface area contributed by atoms with Gasteiger partial charge in [-0.25, -0.2) is 9.97 Å². The van der Waals surface area contributed by atoms with E-state index in [1.807, 2.05) is 48.2 Å². The van der Waals surface area contributed by atoms with Gasteiger partial charge in [-0.1, -0.05) is 30.3 Å². The van der Waals surface area contributed by atoms with Gasteiger partial charge in [0.05, 0.1) is 0 Å². The second-order valence-electron chi connectivity index (χ2n) is 5.30. The third-order valence-electron chi connectivity index (χ3n) is 3.69. The maximum Gasteiger partial charge on any atom is 0.163 e. The maximum absolute atomic E-state index is 5.91. The number of nitrogens with two attached hydrogens (primary N) is 1. The zero-order valence-corrected chi connectivity index (χ0v) is 12.8. The minimum Gasteiger partial charge on any atom is -0.384 e. The predicted octanol–water partition coefficient (Wildman–Crippen LogP) is 3.28. The molecular formula is C16H20N4S. The molecule has 0 aliphatic carbocycles. The molecule has 2 heterocycles. The molecule has 0 spiro atoms. The van der Waals surface area contributed by atoms with Crippen LogP contribution in [-0.4, -0.2) is 28.0 Å². The first-order valence-electron chi connectivity index (χ1n) is 7.33. The van der Waals surface area contributed by atoms with Crippen molar-refractivity contribution < 1.29 is 0 Å². The molecule has 1 fully saturated rings. The molecule has 0 bridgehead atoms. The zero-order valence-electron chi connectivity index (χ0n) is 12.0. The Bertz CT molecular complexity index is 582. The molecule has 1 saturated heterocycles. The largest absolute Gasteiger partial charge is 0.384 e. The van der Waals surface area contributed by atoms with E-state index in [9.17, 15) is 0 Å². The summed E-state index contributed by atoms with van der Waals surface area (Å²) in [6.07, 6.45) is 2.56. The van der Waals surface area contributed by atoms with Crippen LogP contribution in [0.5, 0.6) is 0 Å². The molecule has 0 atom stereocenters. The van der Waals surface area contributed by atoms with Gasteiger partial charge in [0.2, 0.25) is 0 Å². The Balaban J connectivity index is 1.72. The van der Waals surface area contributed by atoms with E-state index >= 15 is 0 Å². The molecule has 1 aliphatic rings. The first-order chi connectivity index (χ1) is 10.3. The Morgan fingerprint density at radius 1 is 1.14 bits per heavy atom. The van der Waals surface area contributed by atoms with Crippen molar-refractivity contribution in [3.05, 3.63) is 36.4 Å². The highest BCUT2D eigenvalue weighted by atomic mass is 32.2. The van der Waals surface area contributed by atoms with Crippen LogP contribution in [0.25, 0.3) is 11.4 Å². The zero-order chi connectivity index (χ0) is 14.5. The molecule has 4 nitrogen and oxygen atoms in total. The smallest absolute Gasteiger partial charge is 0.163 e. The summed E-state index contributed by atoms with van der Waals surface area (Å²) in [6, 6.07) is 11.7. The molecule has 5 heteroatoms. The lowest BCUT2D eigenvalue weighted by atomic mass is 10.0. The van der Waals surface area contributed by atoms with Gasteiger partial charge in [-0.15, -0.1) is 0 Å². The van der Waals surface area contributed by atoms with Crippen LogP contribution in [0.15, 0.2) is 36.4 Å². The lowest BCUT2D eigenvalue weighted by molar-refractivity contribution is 0.515. The number of anilines is 2. The van der Waals surface area contributed by atoms with Crippen LogP contribution in [0, 0.1) is 5.92 Å². The maximum atomic E-state index is 5.91. The first kappa shape index (κ1) is 14.2. The van der Waals surface area contributed by atoms with E-state index < -0.39 is 0 Å². The Labute approximate surface area is 129 Å². The second kappa shape index (κ2) is 6.80. The average Bonchev–Trinajstić information content (AvgIpc) is 2.54. The van der Waals surface area contributed by atoms with E-state index in [4.69, 9.17) is 5.73 Å². The molecule has 0 radical (unpaired) electrons. The fourth-order valence-electron chi connectivity index (χ4n) is 2.47. The fraction of sp³-hybridized carbons (Fsp3) is 0.375. The molecule has 3 rings (SSSR count). The molecule has 0 amide bonds. The van der Waals surface area contributed by atoms with Crippen LogP contribution >= 0.6 is 11.8 Å². The summed E-state index contributed by atoms with van der Waals surface area (Å²) in [7, 11) is 0. The van der Waals surface area contributed by atoms with Gasteiger partial charge in [0, 0.05) is 18.2 Å². The van der Waals surface area contributed by atoms with Gasteiger partial charge >= 0.3 is 0 Å². The minimum absolute atomic E-state index is 0.505. The number of nitrogen functional groups attached to an aromatic ring is 1. The van der Waals surface area contributed by atoms with Crippen molar-refractivity contribution in [1.82, 2.24) is 9.97 Å². The van der Waals surface area contributed by atoms with Gasteiger partial charge in [0.1, 0.15) is 11.6 Å². The van der Waals surface area contributed by atoms with Crippen molar-refractivity contribution in [1.29, 1.82) is 0 Å². The third kappa shape index (κ3) is 3.88. The van der Waals surface area contributed by atoms with Crippen LogP contribution in [0.3, 0.4) is 0 Å². The lowest BCUT2D eigenvalue weighted by Gasteiger charge is -2.21. The Morgan fingerprint density at radius 2 is 1.90 bits per heavy atom. The van der Waals surface area contributed by atoms with Crippen LogP contribution in [0.2, 0.25) is 0 Å². The second-order valence-corrected chi connectivity index (χ2v) is 6.53. The fourth-order valence-corrected chi connectivity index (χ4v) is 3.68. The van der Waals surface area contributed by atoms with Crippen molar-refractivity contribution in [2.75, 3.05) is 29.1 Å². The van der Waals surface area contributed by atoms with Crippen molar-refractivity contribution >= 4 is 23.4 Å². The van der Waals surface area contributed by atoms with E-state index in [2.05, 4.69) is 15.3 Å². The van der Waals surface area contributed by atoms with Gasteiger partial charge < -0.3 is 11.1 Å². The van der Waals surface area contributed by atoms with Gasteiger partial charge in [-0.2, -0.15) is 11.8 Å². The topological polar surface area (TPSA) is 63.8 Å². The molecule has 3 N–H and O–H groups in total. The van der Waals surface area contributed by atoms with Gasteiger partial charge in [-0.05, 0) is 30.3 Å². The van der Waals surface area contributed by atoms with Crippen molar-refractivity contribution in [2.24, 2.45) is 5.92 Å². The van der Waals surface area contributed by atoms with Crippen LogP contribution in [-0.2, 0) is 0 Å². The number of hydrogen-bond donors (Lipinski definition) is 2. The van der Waals surface area contributed by atoms with E-state index in [1.165, 1.54) is 24.3 Å². The number of benzene rings is 1. The summed E-state index contributed by atoms with van der Waals surface area (Å²) in [4.78, 5) is 8.90. The minimum atomic E-state index is 0.505. The number of thioether (sulfide) groups is 1. The highest BCUT2D eigenvalue weighted by Crippen LogP contribution is 2.24. The average molecular weight is 300 g/mol. The molecule has 1 aromatic carbocycles. The molecule has 1 aromatic heterocycles. The molecule has 110 valence electrons. The third-order valence-corrected chi connectivity index (χ3v) is 4.74. The molecule has 21 heavy (non-hydrogen) atoms. The van der Waals surface area contributed by atoms with E-state index in [0.29, 0.717) is 11.6 Å². The summed E-state index contributed by atoms with van der Waals surface area (Å²) >= 11 is 2.05. The highest BCUT2D eigenvalue weighted by molar-refractivity contribution is 7.99. The van der Waals surface area contributed by atoms with Gasteiger partial charge in [-0.3, -0.25) is 0 Å². The monoisotopic (exact) mass is 300 g/mol. The molecular weight excluding hydrogens is 280 g/mol. The SMILES string of the molecule is Nc1cc(NCC2CCSCC2)nc(-c2ccccc2)n1. The van der Waals surface area contributed by atoms with E-state index in [1.54, 1.807) is 0 Å². The predicted molar refractivity (Wildman–Crippen MR) is 90.4 cm³/mol. The summed E-state index contributed by atoms with van der Waals surface area (Å²) in [5.41, 5.74) is 6.90. The van der Waals surface area contributed by atoms with Crippen molar-refractivity contribution in [3.8, 4) is 11.4 Å². The number of rotatable bonds is 4. The summed E-state index contributed by atoms with van der Waals surface area (Å²) < 4.78 is 0. The summed E-state index contributed by atoms with van der Waals surface area (Å²) in [6.45, 7) is 0.964. The molecule has 1 aliphatic heterocycles. The number of nitrogens with one attached hydrogen (secondary N) is 1. The number of hydrogen-bond acceptors (Lipinski definition) is 5. The van der Waals surface area contributed by atoms with Crippen molar-refractivity contribution in [3.63, 3.8) is 0 Å². The molecule has 2 aromatic rings. The highest BCUT2D eigenvalue weighted by Gasteiger charge is 2.14. The standard InChI is InChI=1S/C16H20N4S/c17-14-10-15(18-11-12-6-8-21-9-7-12)20-16(19-14)13-4-2-1-3-5-13/h1-5,10,12H,6-9,11H2,(H3,17,18,19,20). The quantitative estimate of drug-likeness (QED) is 0.907. The normalized spacial score (nSPS) is 15.8. The first-order valence-corrected chi connectivity index (χ1v) is 8.48. The molecule has 0 unspecified atom stereocenters. The Hall–Kier alpha value is -1.75. The number of nitrogens with zero attached hydrogens (tertiary/aromatic N) is 2. The van der Waals surface area contributed by atoms with Crippen molar-refractivity contribution in [2.45, 2.75) is 12.8 Å². The van der Waals surface area contributed by atoms with Crippen LogP contribution in [0.4, 0.5) is 11.6 Å². The lowest BCUT2D eigenvalue weighted by Crippen LogP contribution is -2.19.